The molecule has 0 aliphatic carbocycles. The highest BCUT2D eigenvalue weighted by atomic mass is 16.6. The molecule has 0 aliphatic rings. The van der Waals surface area contributed by atoms with Gasteiger partial charge in [-0.05, 0) is 38.8 Å². The molecule has 8 nitrogen and oxygen atoms in total. The zero-order valence-corrected chi connectivity index (χ0v) is 15.0. The lowest BCUT2D eigenvalue weighted by atomic mass is 9.88. The van der Waals surface area contributed by atoms with Gasteiger partial charge in [0.05, 0.1) is 10.5 Å². The zero-order chi connectivity index (χ0) is 19.4. The molecular weight excluding hydrogens is 328 g/mol. The molecule has 25 heavy (non-hydrogen) atoms. The number of non-ortho nitro benzene ring substituents is 1. The number of benzene rings is 1. The van der Waals surface area contributed by atoms with Crippen molar-refractivity contribution in [3.8, 4) is 0 Å². The van der Waals surface area contributed by atoms with Crippen LogP contribution in [-0.2, 0) is 4.74 Å². The van der Waals surface area contributed by atoms with E-state index in [1.165, 1.54) is 12.1 Å². The average Bonchev–Trinajstić information content (AvgIpc) is 2.49. The minimum absolute atomic E-state index is 0.0254. The van der Waals surface area contributed by atoms with E-state index >= 15 is 0 Å². The second kappa shape index (κ2) is 7.96. The van der Waals surface area contributed by atoms with E-state index in [4.69, 9.17) is 4.74 Å². The minimum atomic E-state index is -1.18. The standard InChI is InChI=1S/C17H24N2O6/c1-6-14(18-16(22)25-17(3,4)5)10(2)13-9-11(19(23)24)7-8-12(13)15(20)21/h7-10,14H,6H2,1-5H3,(H,18,22)(H,20,21). The summed E-state index contributed by atoms with van der Waals surface area (Å²) < 4.78 is 5.22. The lowest BCUT2D eigenvalue weighted by Gasteiger charge is -2.27. The van der Waals surface area contributed by atoms with Crippen molar-refractivity contribution in [2.75, 3.05) is 0 Å². The summed E-state index contributed by atoms with van der Waals surface area (Å²) in [6, 6.07) is 3.18. The molecule has 2 unspecified atom stereocenters. The van der Waals surface area contributed by atoms with Crippen LogP contribution in [0.4, 0.5) is 10.5 Å². The van der Waals surface area contributed by atoms with E-state index in [1.54, 1.807) is 27.7 Å². The van der Waals surface area contributed by atoms with Crippen molar-refractivity contribution in [3.05, 3.63) is 39.4 Å². The Hall–Kier alpha value is -2.64. The number of carbonyl (C=O) groups is 2. The number of nitrogens with one attached hydrogen (secondary N) is 1. The first-order valence-electron chi connectivity index (χ1n) is 7.97. The van der Waals surface area contributed by atoms with E-state index < -0.39 is 34.5 Å². The van der Waals surface area contributed by atoms with Gasteiger partial charge in [-0.1, -0.05) is 13.8 Å². The number of carbonyl (C=O) groups excluding carboxylic acids is 1. The molecular formula is C17H24N2O6. The van der Waals surface area contributed by atoms with E-state index in [2.05, 4.69) is 5.32 Å². The van der Waals surface area contributed by atoms with E-state index in [0.717, 1.165) is 6.07 Å². The molecule has 0 aromatic heterocycles. The van der Waals surface area contributed by atoms with Gasteiger partial charge in [-0.25, -0.2) is 9.59 Å². The number of nitrogens with zero attached hydrogens (tertiary/aromatic N) is 1. The molecule has 2 N–H and O–H groups in total. The Kier molecular flexibility index (Phi) is 6.49. The maximum Gasteiger partial charge on any atom is 0.407 e. The van der Waals surface area contributed by atoms with Crippen molar-refractivity contribution >= 4 is 17.7 Å². The first-order valence-corrected chi connectivity index (χ1v) is 7.97. The number of amides is 1. The molecule has 0 radical (unpaired) electrons. The molecule has 0 aliphatic heterocycles. The Labute approximate surface area is 146 Å². The molecule has 8 heteroatoms. The third kappa shape index (κ3) is 5.74. The number of carboxylic acids is 1. The predicted octanol–water partition coefficient (Wildman–Crippen LogP) is 3.70. The first kappa shape index (κ1) is 20.4. The molecule has 0 bridgehead atoms. The fourth-order valence-corrected chi connectivity index (χ4v) is 2.49. The number of hydrogen-bond acceptors (Lipinski definition) is 5. The van der Waals surface area contributed by atoms with Crippen molar-refractivity contribution in [3.63, 3.8) is 0 Å². The van der Waals surface area contributed by atoms with Crippen molar-refractivity contribution in [2.24, 2.45) is 0 Å². The maximum atomic E-state index is 12.0. The van der Waals surface area contributed by atoms with Gasteiger partial charge in [0.15, 0.2) is 0 Å². The summed E-state index contributed by atoms with van der Waals surface area (Å²) in [6.07, 6.45) is -0.115. The van der Waals surface area contributed by atoms with Crippen LogP contribution in [0.2, 0.25) is 0 Å². The Morgan fingerprint density at radius 3 is 2.40 bits per heavy atom. The summed E-state index contributed by atoms with van der Waals surface area (Å²) >= 11 is 0. The third-order valence-corrected chi connectivity index (χ3v) is 3.71. The van der Waals surface area contributed by atoms with Crippen molar-refractivity contribution in [2.45, 2.75) is 58.6 Å². The number of aromatic carboxylic acids is 1. The number of nitro groups is 1. The molecule has 2 atom stereocenters. The Balaban J connectivity index is 3.15. The molecule has 0 saturated heterocycles. The van der Waals surface area contributed by atoms with Gasteiger partial charge in [0.25, 0.3) is 5.69 Å². The molecule has 0 heterocycles. The second-order valence-electron chi connectivity index (χ2n) is 6.78. The SMILES string of the molecule is CCC(NC(=O)OC(C)(C)C)C(C)c1cc([N+](=O)[O-])ccc1C(=O)O. The average molecular weight is 352 g/mol. The fourth-order valence-electron chi connectivity index (χ4n) is 2.49. The van der Waals surface area contributed by atoms with Gasteiger partial charge in [0.1, 0.15) is 5.60 Å². The Morgan fingerprint density at radius 2 is 1.96 bits per heavy atom. The number of nitro benzene ring substituents is 1. The highest BCUT2D eigenvalue weighted by molar-refractivity contribution is 5.90. The van der Waals surface area contributed by atoms with E-state index in [9.17, 15) is 24.8 Å². The van der Waals surface area contributed by atoms with Gasteiger partial charge in [-0.2, -0.15) is 0 Å². The summed E-state index contributed by atoms with van der Waals surface area (Å²) in [4.78, 5) is 33.9. The van der Waals surface area contributed by atoms with Crippen LogP contribution >= 0.6 is 0 Å². The smallest absolute Gasteiger partial charge is 0.407 e. The van der Waals surface area contributed by atoms with E-state index in [1.807, 2.05) is 6.92 Å². The fraction of sp³-hybridized carbons (Fsp3) is 0.529. The van der Waals surface area contributed by atoms with Crippen LogP contribution in [0.25, 0.3) is 0 Å². The molecule has 1 rings (SSSR count). The Morgan fingerprint density at radius 1 is 1.36 bits per heavy atom. The molecule has 0 saturated carbocycles. The highest BCUT2D eigenvalue weighted by Gasteiger charge is 2.27. The van der Waals surface area contributed by atoms with Crippen molar-refractivity contribution in [1.29, 1.82) is 0 Å². The number of ether oxygens (including phenoxy) is 1. The van der Waals surface area contributed by atoms with Gasteiger partial charge in [0.2, 0.25) is 0 Å². The summed E-state index contributed by atoms with van der Waals surface area (Å²) in [5.74, 6) is -1.63. The quantitative estimate of drug-likeness (QED) is 0.595. The summed E-state index contributed by atoms with van der Waals surface area (Å²) in [5, 5.41) is 23.1. The lowest BCUT2D eigenvalue weighted by molar-refractivity contribution is -0.384. The molecule has 1 aromatic rings. The molecule has 1 aromatic carbocycles. The monoisotopic (exact) mass is 352 g/mol. The number of rotatable bonds is 6. The van der Waals surface area contributed by atoms with Gasteiger partial charge in [0, 0.05) is 24.1 Å². The normalized spacial score (nSPS) is 13.6. The van der Waals surface area contributed by atoms with Gasteiger partial charge < -0.3 is 15.2 Å². The van der Waals surface area contributed by atoms with Crippen molar-refractivity contribution in [1.82, 2.24) is 5.32 Å². The van der Waals surface area contributed by atoms with Crippen LogP contribution in [0.3, 0.4) is 0 Å². The van der Waals surface area contributed by atoms with Crippen LogP contribution < -0.4 is 5.32 Å². The van der Waals surface area contributed by atoms with Crippen LogP contribution in [-0.4, -0.2) is 33.7 Å². The first-order chi connectivity index (χ1) is 11.5. The van der Waals surface area contributed by atoms with Crippen LogP contribution in [0, 0.1) is 10.1 Å². The Bertz CT molecular complexity index is 666. The van der Waals surface area contributed by atoms with E-state index in [-0.39, 0.29) is 11.3 Å². The van der Waals surface area contributed by atoms with E-state index in [0.29, 0.717) is 12.0 Å². The van der Waals surface area contributed by atoms with Gasteiger partial charge in [-0.3, -0.25) is 10.1 Å². The highest BCUT2D eigenvalue weighted by Crippen LogP contribution is 2.29. The van der Waals surface area contributed by atoms with Crippen LogP contribution in [0.1, 0.15) is 62.9 Å². The molecule has 0 fully saturated rings. The number of hydrogen-bond donors (Lipinski definition) is 2. The predicted molar refractivity (Wildman–Crippen MR) is 91.9 cm³/mol. The minimum Gasteiger partial charge on any atom is -0.478 e. The molecule has 1 amide bonds. The van der Waals surface area contributed by atoms with Gasteiger partial charge >= 0.3 is 12.1 Å². The second-order valence-corrected chi connectivity index (χ2v) is 6.78. The largest absolute Gasteiger partial charge is 0.478 e. The van der Waals surface area contributed by atoms with Crippen LogP contribution in [0.15, 0.2) is 18.2 Å². The molecule has 138 valence electrons. The van der Waals surface area contributed by atoms with Gasteiger partial charge in [-0.15, -0.1) is 0 Å². The van der Waals surface area contributed by atoms with Crippen LogP contribution in [0.5, 0.6) is 0 Å². The lowest BCUT2D eigenvalue weighted by Crippen LogP contribution is -2.41. The summed E-state index contributed by atoms with van der Waals surface area (Å²) in [7, 11) is 0. The third-order valence-electron chi connectivity index (χ3n) is 3.71. The summed E-state index contributed by atoms with van der Waals surface area (Å²) in [5.41, 5.74) is -0.588. The number of alkyl carbamates (subject to hydrolysis) is 1. The molecule has 0 spiro atoms. The topological polar surface area (TPSA) is 119 Å². The maximum absolute atomic E-state index is 12.0. The number of carboxylic acid groups (broad SMARTS) is 1. The van der Waals surface area contributed by atoms with Crippen molar-refractivity contribution < 1.29 is 24.4 Å². The zero-order valence-electron chi connectivity index (χ0n) is 15.0. The summed E-state index contributed by atoms with van der Waals surface area (Å²) in [6.45, 7) is 8.76.